The van der Waals surface area contributed by atoms with Crippen molar-refractivity contribution in [1.82, 2.24) is 10.3 Å². The maximum atomic E-state index is 12.0. The van der Waals surface area contributed by atoms with E-state index >= 15 is 0 Å². The van der Waals surface area contributed by atoms with Crippen molar-refractivity contribution in [2.24, 2.45) is 0 Å². The van der Waals surface area contributed by atoms with Crippen LogP contribution in [-0.2, 0) is 0 Å². The lowest BCUT2D eigenvalue weighted by molar-refractivity contribution is 0.0931. The molecule has 2 rings (SSSR count). The summed E-state index contributed by atoms with van der Waals surface area (Å²) in [4.78, 5) is 16.0. The Morgan fingerprint density at radius 3 is 2.68 bits per heavy atom. The van der Waals surface area contributed by atoms with E-state index in [0.29, 0.717) is 5.69 Å². The molecule has 19 heavy (non-hydrogen) atoms. The number of nitrogens with zero attached hydrogens (tertiary/aromatic N) is 1. The van der Waals surface area contributed by atoms with Gasteiger partial charge in [0.15, 0.2) is 0 Å². The van der Waals surface area contributed by atoms with Crippen LogP contribution in [0.15, 0.2) is 35.2 Å². The van der Waals surface area contributed by atoms with Gasteiger partial charge in [0.2, 0.25) is 0 Å². The van der Waals surface area contributed by atoms with Gasteiger partial charge in [0.05, 0.1) is 18.7 Å². The molecule has 1 unspecified atom stereocenters. The average molecular weight is 276 g/mol. The molecule has 0 saturated heterocycles. The number of amides is 1. The van der Waals surface area contributed by atoms with Gasteiger partial charge in [-0.25, -0.2) is 4.98 Å². The quantitative estimate of drug-likeness (QED) is 0.913. The van der Waals surface area contributed by atoms with E-state index in [0.717, 1.165) is 17.7 Å². The fourth-order valence-corrected chi connectivity index (χ4v) is 2.35. The SMILES string of the molecule is CCC(NC(=O)c1cscn1)c1ccc(OC)cc1. The van der Waals surface area contributed by atoms with Crippen LogP contribution < -0.4 is 10.1 Å². The maximum Gasteiger partial charge on any atom is 0.271 e. The van der Waals surface area contributed by atoms with Gasteiger partial charge in [-0.2, -0.15) is 0 Å². The van der Waals surface area contributed by atoms with Crippen LogP contribution in [0.3, 0.4) is 0 Å². The standard InChI is InChI=1S/C14H16N2O2S/c1-3-12(10-4-6-11(18-2)7-5-10)16-14(17)13-8-19-9-15-13/h4-9,12H,3H2,1-2H3,(H,16,17). The van der Waals surface area contributed by atoms with Crippen molar-refractivity contribution in [2.75, 3.05) is 7.11 Å². The summed E-state index contributed by atoms with van der Waals surface area (Å²) in [6, 6.07) is 7.71. The second kappa shape index (κ2) is 6.33. The van der Waals surface area contributed by atoms with Crippen LogP contribution in [0.25, 0.3) is 0 Å². The van der Waals surface area contributed by atoms with E-state index in [-0.39, 0.29) is 11.9 Å². The molecule has 5 heteroatoms. The number of rotatable bonds is 5. The highest BCUT2D eigenvalue weighted by Crippen LogP contribution is 2.20. The Balaban J connectivity index is 2.09. The number of methoxy groups -OCH3 is 1. The minimum Gasteiger partial charge on any atom is -0.497 e. The van der Waals surface area contributed by atoms with Gasteiger partial charge in [0.1, 0.15) is 11.4 Å². The molecule has 1 aromatic carbocycles. The van der Waals surface area contributed by atoms with Crippen LogP contribution >= 0.6 is 11.3 Å². The van der Waals surface area contributed by atoms with Gasteiger partial charge in [0, 0.05) is 5.38 Å². The Bertz CT molecular complexity index is 523. The summed E-state index contributed by atoms with van der Waals surface area (Å²) in [6.45, 7) is 2.04. The van der Waals surface area contributed by atoms with E-state index < -0.39 is 0 Å². The number of hydrogen-bond donors (Lipinski definition) is 1. The molecule has 1 aromatic heterocycles. The third-order valence-electron chi connectivity index (χ3n) is 2.90. The van der Waals surface area contributed by atoms with Gasteiger partial charge in [-0.05, 0) is 24.1 Å². The Morgan fingerprint density at radius 2 is 2.16 bits per heavy atom. The monoisotopic (exact) mass is 276 g/mol. The second-order valence-corrected chi connectivity index (χ2v) is 4.80. The van der Waals surface area contributed by atoms with Crippen molar-refractivity contribution in [2.45, 2.75) is 19.4 Å². The third-order valence-corrected chi connectivity index (χ3v) is 3.48. The van der Waals surface area contributed by atoms with Crippen LogP contribution in [0.1, 0.15) is 35.4 Å². The fourth-order valence-electron chi connectivity index (χ4n) is 1.81. The lowest BCUT2D eigenvalue weighted by Crippen LogP contribution is -2.28. The molecule has 0 radical (unpaired) electrons. The van der Waals surface area contributed by atoms with Gasteiger partial charge in [-0.1, -0.05) is 19.1 Å². The molecule has 1 heterocycles. The Labute approximate surface area is 116 Å². The molecule has 0 fully saturated rings. The topological polar surface area (TPSA) is 51.2 Å². The number of aromatic nitrogens is 1. The number of hydrogen-bond acceptors (Lipinski definition) is 4. The summed E-state index contributed by atoms with van der Waals surface area (Å²) in [5, 5.41) is 4.73. The molecular weight excluding hydrogens is 260 g/mol. The summed E-state index contributed by atoms with van der Waals surface area (Å²) in [5.74, 6) is 0.674. The summed E-state index contributed by atoms with van der Waals surface area (Å²) in [5.41, 5.74) is 3.19. The van der Waals surface area contributed by atoms with Crippen molar-refractivity contribution >= 4 is 17.2 Å². The summed E-state index contributed by atoms with van der Waals surface area (Å²) in [6.07, 6.45) is 0.822. The van der Waals surface area contributed by atoms with Crippen LogP contribution in [0.5, 0.6) is 5.75 Å². The van der Waals surface area contributed by atoms with Crippen molar-refractivity contribution in [3.63, 3.8) is 0 Å². The fraction of sp³-hybridized carbons (Fsp3) is 0.286. The molecule has 1 N–H and O–H groups in total. The highest BCUT2D eigenvalue weighted by atomic mass is 32.1. The zero-order chi connectivity index (χ0) is 13.7. The summed E-state index contributed by atoms with van der Waals surface area (Å²) < 4.78 is 5.13. The molecule has 0 aliphatic carbocycles. The number of nitrogens with one attached hydrogen (secondary N) is 1. The van der Waals surface area contributed by atoms with Crippen molar-refractivity contribution in [3.8, 4) is 5.75 Å². The summed E-state index contributed by atoms with van der Waals surface area (Å²) in [7, 11) is 1.64. The molecular formula is C14H16N2O2S. The smallest absolute Gasteiger partial charge is 0.271 e. The zero-order valence-electron chi connectivity index (χ0n) is 10.9. The molecule has 1 atom stereocenters. The Morgan fingerprint density at radius 1 is 1.42 bits per heavy atom. The van der Waals surface area contributed by atoms with E-state index in [1.54, 1.807) is 18.0 Å². The number of thiazole rings is 1. The van der Waals surface area contributed by atoms with Gasteiger partial charge in [-0.15, -0.1) is 11.3 Å². The molecule has 100 valence electrons. The van der Waals surface area contributed by atoms with Gasteiger partial charge >= 0.3 is 0 Å². The van der Waals surface area contributed by atoms with Crippen molar-refractivity contribution in [1.29, 1.82) is 0 Å². The van der Waals surface area contributed by atoms with Crippen LogP contribution in [-0.4, -0.2) is 18.0 Å². The second-order valence-electron chi connectivity index (χ2n) is 4.08. The van der Waals surface area contributed by atoms with E-state index in [2.05, 4.69) is 10.3 Å². The largest absolute Gasteiger partial charge is 0.497 e. The van der Waals surface area contributed by atoms with Crippen LogP contribution in [0.4, 0.5) is 0 Å². The highest BCUT2D eigenvalue weighted by molar-refractivity contribution is 7.07. The normalized spacial score (nSPS) is 11.9. The summed E-state index contributed by atoms with van der Waals surface area (Å²) >= 11 is 1.41. The molecule has 2 aromatic rings. The molecule has 1 amide bonds. The molecule has 0 aliphatic heterocycles. The number of ether oxygens (including phenoxy) is 1. The number of carbonyl (C=O) groups excluding carboxylic acids is 1. The van der Waals surface area contributed by atoms with E-state index in [9.17, 15) is 4.79 Å². The first-order valence-electron chi connectivity index (χ1n) is 6.07. The highest BCUT2D eigenvalue weighted by Gasteiger charge is 2.15. The van der Waals surface area contributed by atoms with Crippen molar-refractivity contribution in [3.05, 3.63) is 46.4 Å². The van der Waals surface area contributed by atoms with Crippen LogP contribution in [0.2, 0.25) is 0 Å². The van der Waals surface area contributed by atoms with Gasteiger partial charge in [0.25, 0.3) is 5.91 Å². The zero-order valence-corrected chi connectivity index (χ0v) is 11.7. The Kier molecular flexibility index (Phi) is 4.52. The molecule has 0 saturated carbocycles. The molecule has 0 aliphatic rings. The first-order valence-corrected chi connectivity index (χ1v) is 7.02. The molecule has 0 bridgehead atoms. The van der Waals surface area contributed by atoms with E-state index in [1.165, 1.54) is 11.3 Å². The van der Waals surface area contributed by atoms with Gasteiger partial charge in [-0.3, -0.25) is 4.79 Å². The minimum atomic E-state index is -0.135. The third kappa shape index (κ3) is 3.32. The number of benzene rings is 1. The Hall–Kier alpha value is -1.88. The molecule has 0 spiro atoms. The predicted octanol–water partition coefficient (Wildman–Crippen LogP) is 3.03. The number of carbonyl (C=O) groups is 1. The lowest BCUT2D eigenvalue weighted by atomic mass is 10.0. The van der Waals surface area contributed by atoms with Crippen molar-refractivity contribution < 1.29 is 9.53 Å². The van der Waals surface area contributed by atoms with Crippen LogP contribution in [0, 0.1) is 0 Å². The lowest BCUT2D eigenvalue weighted by Gasteiger charge is -2.17. The van der Waals surface area contributed by atoms with E-state index in [4.69, 9.17) is 4.74 Å². The molecule has 4 nitrogen and oxygen atoms in total. The average Bonchev–Trinajstić information content (AvgIpc) is 2.99. The maximum absolute atomic E-state index is 12.0. The first kappa shape index (κ1) is 13.5. The minimum absolute atomic E-state index is 0.0138. The first-order chi connectivity index (χ1) is 9.24. The van der Waals surface area contributed by atoms with E-state index in [1.807, 2.05) is 31.2 Å². The predicted molar refractivity (Wildman–Crippen MR) is 75.6 cm³/mol. The van der Waals surface area contributed by atoms with Gasteiger partial charge < -0.3 is 10.1 Å².